The van der Waals surface area contributed by atoms with Gasteiger partial charge < -0.3 is 19.4 Å². The van der Waals surface area contributed by atoms with Crippen molar-refractivity contribution >= 4 is 28.7 Å². The number of esters is 1. The largest absolute Gasteiger partial charge is 0.466 e. The van der Waals surface area contributed by atoms with Crippen LogP contribution in [-0.4, -0.2) is 58.4 Å². The average molecular weight is 537 g/mol. The van der Waals surface area contributed by atoms with Gasteiger partial charge in [0.15, 0.2) is 0 Å². The summed E-state index contributed by atoms with van der Waals surface area (Å²) in [5.74, 6) is -0.749. The molecular formula is C29H36N4O6. The second-order valence-corrected chi connectivity index (χ2v) is 10.7. The molecule has 10 nitrogen and oxygen atoms in total. The topological polar surface area (TPSA) is 123 Å². The van der Waals surface area contributed by atoms with Crippen molar-refractivity contribution in [2.75, 3.05) is 31.6 Å². The molecule has 1 aromatic heterocycles. The minimum atomic E-state index is -0.597. The number of nitrogens with one attached hydrogen (secondary N) is 2. The van der Waals surface area contributed by atoms with Gasteiger partial charge in [-0.05, 0) is 76.4 Å². The summed E-state index contributed by atoms with van der Waals surface area (Å²) in [5, 5.41) is 3.19. The zero-order valence-corrected chi connectivity index (χ0v) is 22.9. The van der Waals surface area contributed by atoms with E-state index in [0.717, 1.165) is 5.56 Å². The molecule has 2 heterocycles. The van der Waals surface area contributed by atoms with Crippen molar-refractivity contribution in [3.63, 3.8) is 0 Å². The number of carbonyl (C=O) groups is 2. The zero-order valence-electron chi connectivity index (χ0n) is 22.9. The summed E-state index contributed by atoms with van der Waals surface area (Å²) in [5.41, 5.74) is 0.718. The molecule has 3 aromatic rings. The second-order valence-electron chi connectivity index (χ2n) is 10.7. The highest BCUT2D eigenvalue weighted by Crippen LogP contribution is 2.34. The minimum Gasteiger partial charge on any atom is -0.466 e. The Morgan fingerprint density at radius 1 is 1.05 bits per heavy atom. The van der Waals surface area contributed by atoms with Gasteiger partial charge in [0.25, 0.3) is 5.56 Å². The summed E-state index contributed by atoms with van der Waals surface area (Å²) >= 11 is 0. The lowest BCUT2D eigenvalue weighted by molar-refractivity contribution is -0.150. The molecule has 1 fully saturated rings. The number of hydrogen-bond donors (Lipinski definition) is 2. The fourth-order valence-electron chi connectivity index (χ4n) is 4.99. The van der Waals surface area contributed by atoms with Crippen molar-refractivity contribution < 1.29 is 19.1 Å². The molecule has 10 heteroatoms. The first-order chi connectivity index (χ1) is 18.6. The SMILES string of the molecule is CCOC(=O)[C@H]1CN(CCn2c(=O)[nH]c3ccccc3c2=O)CC[C@H]1c1ccc(NC(=O)OC(C)(C)C)cc1. The number of para-hydroxylation sites is 1. The number of carbonyl (C=O) groups excluding carboxylic acids is 2. The molecule has 2 atom stereocenters. The number of benzene rings is 2. The number of piperidine rings is 1. The number of aromatic amines is 1. The summed E-state index contributed by atoms with van der Waals surface area (Å²) in [6, 6.07) is 14.4. The fourth-order valence-corrected chi connectivity index (χ4v) is 4.99. The van der Waals surface area contributed by atoms with Gasteiger partial charge in [0, 0.05) is 25.3 Å². The van der Waals surface area contributed by atoms with Crippen molar-refractivity contribution in [2.24, 2.45) is 5.92 Å². The molecule has 1 aliphatic rings. The van der Waals surface area contributed by atoms with Gasteiger partial charge >= 0.3 is 17.8 Å². The van der Waals surface area contributed by atoms with Gasteiger partial charge in [-0.2, -0.15) is 0 Å². The first kappa shape index (κ1) is 28.1. The quantitative estimate of drug-likeness (QED) is 0.442. The van der Waals surface area contributed by atoms with Crippen LogP contribution in [0.1, 0.15) is 45.6 Å². The van der Waals surface area contributed by atoms with Crippen molar-refractivity contribution in [3.8, 4) is 0 Å². The number of H-pyrrole nitrogens is 1. The molecule has 0 unspecified atom stereocenters. The van der Waals surface area contributed by atoms with E-state index >= 15 is 0 Å². The van der Waals surface area contributed by atoms with E-state index in [4.69, 9.17) is 9.47 Å². The summed E-state index contributed by atoms with van der Waals surface area (Å²) in [7, 11) is 0. The van der Waals surface area contributed by atoms with Gasteiger partial charge in [0.05, 0.1) is 23.4 Å². The van der Waals surface area contributed by atoms with Crippen LogP contribution in [-0.2, 0) is 20.8 Å². The Hall–Kier alpha value is -3.92. The summed E-state index contributed by atoms with van der Waals surface area (Å²) in [4.78, 5) is 55.4. The number of likely N-dealkylation sites (tertiary alicyclic amines) is 1. The fraction of sp³-hybridized carbons (Fsp3) is 0.448. The third-order valence-electron chi connectivity index (χ3n) is 6.80. The van der Waals surface area contributed by atoms with E-state index in [-0.39, 0.29) is 30.6 Å². The van der Waals surface area contributed by atoms with E-state index in [2.05, 4.69) is 15.2 Å². The molecule has 208 valence electrons. The predicted octanol–water partition coefficient (Wildman–Crippen LogP) is 3.71. The van der Waals surface area contributed by atoms with Crippen molar-refractivity contribution in [2.45, 2.75) is 52.2 Å². The van der Waals surface area contributed by atoms with Gasteiger partial charge in [0.2, 0.25) is 0 Å². The number of fused-ring (bicyclic) bond motifs is 1. The highest BCUT2D eigenvalue weighted by atomic mass is 16.6. The number of nitrogens with zero attached hydrogens (tertiary/aromatic N) is 2. The average Bonchev–Trinajstić information content (AvgIpc) is 2.88. The number of amides is 1. The first-order valence-electron chi connectivity index (χ1n) is 13.3. The highest BCUT2D eigenvalue weighted by molar-refractivity contribution is 5.85. The number of aromatic nitrogens is 2. The van der Waals surface area contributed by atoms with E-state index < -0.39 is 23.3 Å². The van der Waals surface area contributed by atoms with Crippen LogP contribution >= 0.6 is 0 Å². The Morgan fingerprint density at radius 2 is 1.77 bits per heavy atom. The molecule has 0 radical (unpaired) electrons. The molecule has 2 aromatic carbocycles. The maximum Gasteiger partial charge on any atom is 0.412 e. The lowest BCUT2D eigenvalue weighted by Crippen LogP contribution is -2.46. The van der Waals surface area contributed by atoms with Gasteiger partial charge in [-0.15, -0.1) is 0 Å². The maximum absolute atomic E-state index is 13.0. The maximum atomic E-state index is 13.0. The van der Waals surface area contributed by atoms with Crippen LogP contribution < -0.4 is 16.6 Å². The minimum absolute atomic E-state index is 0.0670. The predicted molar refractivity (Wildman–Crippen MR) is 149 cm³/mol. The molecule has 0 aliphatic carbocycles. The van der Waals surface area contributed by atoms with Crippen molar-refractivity contribution in [3.05, 3.63) is 74.9 Å². The molecule has 0 bridgehead atoms. The molecule has 1 saturated heterocycles. The van der Waals surface area contributed by atoms with E-state index in [1.165, 1.54) is 4.57 Å². The van der Waals surface area contributed by atoms with Crippen LogP contribution in [0.3, 0.4) is 0 Å². The van der Waals surface area contributed by atoms with E-state index in [1.807, 2.05) is 12.1 Å². The molecule has 0 saturated carbocycles. The summed E-state index contributed by atoms with van der Waals surface area (Å²) in [6.07, 6.45) is 0.169. The molecule has 4 rings (SSSR count). The number of anilines is 1. The third kappa shape index (κ3) is 6.94. The van der Waals surface area contributed by atoms with Crippen molar-refractivity contribution in [1.82, 2.24) is 14.5 Å². The normalized spacial score (nSPS) is 18.1. The van der Waals surface area contributed by atoms with Crippen LogP contribution in [0.2, 0.25) is 0 Å². The van der Waals surface area contributed by atoms with E-state index in [1.54, 1.807) is 64.1 Å². The van der Waals surface area contributed by atoms with E-state index in [9.17, 15) is 19.2 Å². The third-order valence-corrected chi connectivity index (χ3v) is 6.80. The van der Waals surface area contributed by atoms with Crippen LogP contribution in [0, 0.1) is 5.92 Å². The smallest absolute Gasteiger partial charge is 0.412 e. The molecule has 1 aliphatic heterocycles. The van der Waals surface area contributed by atoms with Crippen LogP contribution in [0.25, 0.3) is 10.9 Å². The summed E-state index contributed by atoms with van der Waals surface area (Å²) < 4.78 is 11.9. The molecule has 2 N–H and O–H groups in total. The molecule has 0 spiro atoms. The second kappa shape index (κ2) is 11.9. The number of hydrogen-bond acceptors (Lipinski definition) is 7. The summed E-state index contributed by atoms with van der Waals surface area (Å²) in [6.45, 7) is 9.26. The Bertz CT molecular complexity index is 1440. The monoisotopic (exact) mass is 536 g/mol. The Labute approximate surface area is 226 Å². The Morgan fingerprint density at radius 3 is 2.46 bits per heavy atom. The Balaban J connectivity index is 1.46. The molecular weight excluding hydrogens is 500 g/mol. The van der Waals surface area contributed by atoms with Crippen LogP contribution in [0.15, 0.2) is 58.1 Å². The zero-order chi connectivity index (χ0) is 28.2. The van der Waals surface area contributed by atoms with Gasteiger partial charge in [-0.1, -0.05) is 24.3 Å². The van der Waals surface area contributed by atoms with Gasteiger partial charge in [0.1, 0.15) is 5.60 Å². The highest BCUT2D eigenvalue weighted by Gasteiger charge is 2.36. The first-order valence-corrected chi connectivity index (χ1v) is 13.3. The van der Waals surface area contributed by atoms with Gasteiger partial charge in [-0.3, -0.25) is 19.5 Å². The van der Waals surface area contributed by atoms with Crippen molar-refractivity contribution in [1.29, 1.82) is 0 Å². The van der Waals surface area contributed by atoms with E-state index in [0.29, 0.717) is 42.6 Å². The molecule has 1 amide bonds. The standard InChI is InChI=1S/C29H36N4O6/c1-5-38-26(35)23-18-32(16-17-33-25(34)22-8-6-7-9-24(22)31-27(33)36)15-14-21(23)19-10-12-20(13-11-19)30-28(37)39-29(2,3)4/h6-13,21,23H,5,14-18H2,1-4H3,(H,30,37)(H,31,36)/t21-,23-/m0/s1. The van der Waals surface area contributed by atoms with Crippen LogP contribution in [0.4, 0.5) is 10.5 Å². The van der Waals surface area contributed by atoms with Crippen LogP contribution in [0.5, 0.6) is 0 Å². The number of ether oxygens (including phenoxy) is 2. The lowest BCUT2D eigenvalue weighted by atomic mass is 9.80. The van der Waals surface area contributed by atoms with Gasteiger partial charge in [-0.25, -0.2) is 9.59 Å². The Kier molecular flexibility index (Phi) is 8.54. The molecule has 39 heavy (non-hydrogen) atoms. The lowest BCUT2D eigenvalue weighted by Gasteiger charge is -2.37. The number of rotatable bonds is 7.